The second-order valence-corrected chi connectivity index (χ2v) is 4.94. The molecule has 1 aromatic heterocycles. The molecule has 20 heavy (non-hydrogen) atoms. The highest BCUT2D eigenvalue weighted by atomic mass is 19.1. The van der Waals surface area contributed by atoms with Gasteiger partial charge in [0.15, 0.2) is 5.84 Å². The number of halogens is 1. The minimum atomic E-state index is -0.847. The van der Waals surface area contributed by atoms with Crippen LogP contribution in [-0.4, -0.2) is 27.5 Å². The van der Waals surface area contributed by atoms with E-state index in [-0.39, 0.29) is 11.5 Å². The summed E-state index contributed by atoms with van der Waals surface area (Å²) in [6.45, 7) is 0. The summed E-state index contributed by atoms with van der Waals surface area (Å²) in [4.78, 5) is 15.9. The van der Waals surface area contributed by atoms with Gasteiger partial charge in [0.1, 0.15) is 17.1 Å². The van der Waals surface area contributed by atoms with Gasteiger partial charge in [0, 0.05) is 0 Å². The second kappa shape index (κ2) is 5.85. The lowest BCUT2D eigenvalue weighted by molar-refractivity contribution is 0.0900. The Hall–Kier alpha value is -2.18. The van der Waals surface area contributed by atoms with Crippen molar-refractivity contribution in [2.45, 2.75) is 37.6 Å². The average Bonchev–Trinajstić information content (AvgIpc) is 2.48. The Morgan fingerprint density at radius 3 is 2.65 bits per heavy atom. The number of hydrogen-bond acceptors (Lipinski definition) is 4. The molecule has 108 valence electrons. The van der Waals surface area contributed by atoms with Gasteiger partial charge in [0.05, 0.1) is 6.20 Å². The third kappa shape index (κ3) is 2.87. The predicted octanol–water partition coefficient (Wildman–Crippen LogP) is 1.40. The first-order valence-corrected chi connectivity index (χ1v) is 6.49. The van der Waals surface area contributed by atoms with Gasteiger partial charge < -0.3 is 16.3 Å². The lowest BCUT2D eigenvalue weighted by Gasteiger charge is -2.36. The van der Waals surface area contributed by atoms with Gasteiger partial charge in [0.2, 0.25) is 0 Å². The van der Waals surface area contributed by atoms with Crippen LogP contribution in [0.5, 0.6) is 0 Å². The zero-order valence-corrected chi connectivity index (χ0v) is 11.0. The molecule has 0 bridgehead atoms. The van der Waals surface area contributed by atoms with Crippen LogP contribution in [0.2, 0.25) is 0 Å². The van der Waals surface area contributed by atoms with E-state index in [1.165, 1.54) is 12.1 Å². The van der Waals surface area contributed by atoms with E-state index in [1.807, 2.05) is 0 Å². The quantitative estimate of drug-likeness (QED) is 0.337. The highest BCUT2D eigenvalue weighted by Gasteiger charge is 2.38. The Bertz CT molecular complexity index is 510. The fourth-order valence-corrected chi connectivity index (χ4v) is 2.49. The van der Waals surface area contributed by atoms with Crippen molar-refractivity contribution in [1.82, 2.24) is 10.3 Å². The Labute approximate surface area is 115 Å². The highest BCUT2D eigenvalue weighted by molar-refractivity contribution is 5.99. The van der Waals surface area contributed by atoms with Gasteiger partial charge in [-0.1, -0.05) is 24.4 Å². The summed E-state index contributed by atoms with van der Waals surface area (Å²) >= 11 is 0. The number of amides is 1. The van der Waals surface area contributed by atoms with Crippen molar-refractivity contribution in [2.24, 2.45) is 10.9 Å². The molecule has 7 heteroatoms. The van der Waals surface area contributed by atoms with Gasteiger partial charge in [-0.15, -0.1) is 0 Å². The number of aromatic nitrogens is 1. The molecule has 0 unspecified atom stereocenters. The molecule has 1 aliphatic carbocycles. The molecule has 0 atom stereocenters. The molecule has 0 aliphatic heterocycles. The molecule has 1 heterocycles. The zero-order chi connectivity index (χ0) is 14.6. The largest absolute Gasteiger partial charge is 0.409 e. The Kier molecular flexibility index (Phi) is 4.16. The van der Waals surface area contributed by atoms with Gasteiger partial charge in [0.25, 0.3) is 5.91 Å². The molecule has 2 rings (SSSR count). The predicted molar refractivity (Wildman–Crippen MR) is 70.9 cm³/mol. The second-order valence-electron chi connectivity index (χ2n) is 4.94. The number of nitrogens with two attached hydrogens (primary N) is 1. The van der Waals surface area contributed by atoms with Crippen LogP contribution < -0.4 is 11.1 Å². The number of oxime groups is 1. The monoisotopic (exact) mass is 280 g/mol. The molecule has 1 aliphatic rings. The van der Waals surface area contributed by atoms with Gasteiger partial charge in [-0.3, -0.25) is 4.79 Å². The third-order valence-corrected chi connectivity index (χ3v) is 3.62. The smallest absolute Gasteiger partial charge is 0.270 e. The highest BCUT2D eigenvalue weighted by Crippen LogP contribution is 2.28. The molecular weight excluding hydrogens is 263 g/mol. The van der Waals surface area contributed by atoms with Crippen molar-refractivity contribution < 1.29 is 14.4 Å². The van der Waals surface area contributed by atoms with Crippen LogP contribution in [0.15, 0.2) is 23.5 Å². The normalized spacial score (nSPS) is 18.6. The van der Waals surface area contributed by atoms with Crippen LogP contribution in [0.25, 0.3) is 0 Å². The minimum absolute atomic E-state index is 0.00679. The van der Waals surface area contributed by atoms with E-state index < -0.39 is 17.3 Å². The topological polar surface area (TPSA) is 101 Å². The maximum Gasteiger partial charge on any atom is 0.270 e. The van der Waals surface area contributed by atoms with Gasteiger partial charge in [-0.2, -0.15) is 0 Å². The van der Waals surface area contributed by atoms with E-state index in [1.54, 1.807) is 0 Å². The summed E-state index contributed by atoms with van der Waals surface area (Å²) in [5.74, 6) is -0.975. The van der Waals surface area contributed by atoms with E-state index in [2.05, 4.69) is 15.5 Å². The minimum Gasteiger partial charge on any atom is -0.409 e. The lowest BCUT2D eigenvalue weighted by atomic mass is 9.80. The number of carbonyl (C=O) groups excluding carboxylic acids is 1. The molecule has 1 saturated carbocycles. The first-order chi connectivity index (χ1) is 9.57. The summed E-state index contributed by atoms with van der Waals surface area (Å²) in [6, 6.07) is 2.46. The Balaban J connectivity index is 2.19. The first kappa shape index (κ1) is 14.2. The molecule has 4 N–H and O–H groups in total. The van der Waals surface area contributed by atoms with Crippen molar-refractivity contribution in [3.05, 3.63) is 29.8 Å². The molecule has 0 aromatic carbocycles. The fourth-order valence-electron chi connectivity index (χ4n) is 2.49. The average molecular weight is 280 g/mol. The number of pyridine rings is 1. The van der Waals surface area contributed by atoms with Crippen LogP contribution in [0.3, 0.4) is 0 Å². The standard InChI is InChI=1S/C13H17FN4O2/c14-9-4-5-10(16-8-9)11(19)17-13(12(15)18-20)6-2-1-3-7-13/h4-5,8,20H,1-3,6-7H2,(H2,15,18)(H,17,19). The van der Waals surface area contributed by atoms with Crippen LogP contribution in [0.1, 0.15) is 42.6 Å². The van der Waals surface area contributed by atoms with Crippen LogP contribution in [0.4, 0.5) is 4.39 Å². The SMILES string of the molecule is N/C(=N/O)C1(NC(=O)c2ccc(F)cn2)CCCCC1. The van der Waals surface area contributed by atoms with E-state index in [0.717, 1.165) is 25.5 Å². The Morgan fingerprint density at radius 1 is 1.40 bits per heavy atom. The van der Waals surface area contributed by atoms with Gasteiger partial charge in [-0.25, -0.2) is 9.37 Å². The summed E-state index contributed by atoms with van der Waals surface area (Å²) in [7, 11) is 0. The van der Waals surface area contributed by atoms with E-state index in [4.69, 9.17) is 10.9 Å². The number of carbonyl (C=O) groups is 1. The van der Waals surface area contributed by atoms with Crippen LogP contribution >= 0.6 is 0 Å². The summed E-state index contributed by atoms with van der Waals surface area (Å²) in [5, 5.41) is 14.7. The van der Waals surface area contributed by atoms with Crippen molar-refractivity contribution in [1.29, 1.82) is 0 Å². The summed E-state index contributed by atoms with van der Waals surface area (Å²) < 4.78 is 12.8. The molecule has 1 aromatic rings. The number of nitrogens with one attached hydrogen (secondary N) is 1. The fraction of sp³-hybridized carbons (Fsp3) is 0.462. The molecule has 6 nitrogen and oxygen atoms in total. The van der Waals surface area contributed by atoms with Gasteiger partial charge in [-0.05, 0) is 25.0 Å². The maximum absolute atomic E-state index is 12.8. The van der Waals surface area contributed by atoms with Crippen molar-refractivity contribution in [3.8, 4) is 0 Å². The van der Waals surface area contributed by atoms with Crippen molar-refractivity contribution >= 4 is 11.7 Å². The molecule has 0 saturated heterocycles. The number of nitrogens with zero attached hydrogens (tertiary/aromatic N) is 2. The van der Waals surface area contributed by atoms with E-state index >= 15 is 0 Å². The molecule has 1 amide bonds. The van der Waals surface area contributed by atoms with E-state index in [0.29, 0.717) is 12.8 Å². The molecule has 1 fully saturated rings. The third-order valence-electron chi connectivity index (χ3n) is 3.62. The molecule has 0 spiro atoms. The van der Waals surface area contributed by atoms with E-state index in [9.17, 15) is 9.18 Å². The van der Waals surface area contributed by atoms with Crippen molar-refractivity contribution in [3.63, 3.8) is 0 Å². The maximum atomic E-state index is 12.8. The molecular formula is C13H17FN4O2. The van der Waals surface area contributed by atoms with Crippen molar-refractivity contribution in [2.75, 3.05) is 0 Å². The summed E-state index contributed by atoms with van der Waals surface area (Å²) in [6.07, 6.45) is 5.00. The Morgan fingerprint density at radius 2 is 2.10 bits per heavy atom. The first-order valence-electron chi connectivity index (χ1n) is 6.49. The van der Waals surface area contributed by atoms with Crippen LogP contribution in [-0.2, 0) is 0 Å². The summed E-state index contributed by atoms with van der Waals surface area (Å²) in [5.41, 5.74) is 4.99. The van der Waals surface area contributed by atoms with Crippen LogP contribution in [0, 0.1) is 5.82 Å². The molecule has 0 radical (unpaired) electrons. The number of hydrogen-bond donors (Lipinski definition) is 3. The number of amidine groups is 1. The number of rotatable bonds is 3. The van der Waals surface area contributed by atoms with Gasteiger partial charge >= 0.3 is 0 Å². The lowest BCUT2D eigenvalue weighted by Crippen LogP contribution is -2.58. The zero-order valence-electron chi connectivity index (χ0n) is 11.0.